The molecule has 17 heavy (non-hydrogen) atoms. The molecule has 0 radical (unpaired) electrons. The van der Waals surface area contributed by atoms with Gasteiger partial charge in [0.2, 0.25) is 5.95 Å². The number of nitrogens with zero attached hydrogens (tertiary/aromatic N) is 4. The van der Waals surface area contributed by atoms with Gasteiger partial charge in [0.25, 0.3) is 0 Å². The standard InChI is InChI=1S/C7H11N5O4S/c1-4-8-5(10-6(9-4)16-3)12(2)7(13)11-17(14)15/h1-3H3,(H,11,13)(H,14,15)/p-1. The Morgan fingerprint density at radius 3 is 2.65 bits per heavy atom. The first-order valence-electron chi connectivity index (χ1n) is 4.34. The predicted octanol–water partition coefficient (Wildman–Crippen LogP) is -0.871. The van der Waals surface area contributed by atoms with E-state index in [2.05, 4.69) is 15.0 Å². The van der Waals surface area contributed by atoms with E-state index in [4.69, 9.17) is 4.74 Å². The van der Waals surface area contributed by atoms with E-state index in [0.717, 1.165) is 4.90 Å². The first-order chi connectivity index (χ1) is 7.93. The molecule has 94 valence electrons. The number of aryl methyl sites for hydroxylation is 1. The Morgan fingerprint density at radius 1 is 1.47 bits per heavy atom. The van der Waals surface area contributed by atoms with Crippen molar-refractivity contribution in [3.05, 3.63) is 5.82 Å². The van der Waals surface area contributed by atoms with E-state index in [1.54, 1.807) is 11.6 Å². The topological polar surface area (TPSA) is 120 Å². The molecule has 1 atom stereocenters. The van der Waals surface area contributed by atoms with E-state index < -0.39 is 17.3 Å². The van der Waals surface area contributed by atoms with Crippen molar-refractivity contribution in [2.75, 3.05) is 19.1 Å². The number of methoxy groups -OCH3 is 1. The van der Waals surface area contributed by atoms with Crippen molar-refractivity contribution in [2.24, 2.45) is 0 Å². The summed E-state index contributed by atoms with van der Waals surface area (Å²) in [5.41, 5.74) is 0. The molecule has 1 aromatic heterocycles. The van der Waals surface area contributed by atoms with Crippen LogP contribution in [0.5, 0.6) is 6.01 Å². The number of rotatable bonds is 3. The third-order valence-electron chi connectivity index (χ3n) is 1.67. The largest absolute Gasteiger partial charge is 0.755 e. The number of anilines is 1. The highest BCUT2D eigenvalue weighted by molar-refractivity contribution is 7.77. The Morgan fingerprint density at radius 2 is 2.12 bits per heavy atom. The van der Waals surface area contributed by atoms with Crippen molar-refractivity contribution in [3.63, 3.8) is 0 Å². The van der Waals surface area contributed by atoms with E-state index in [9.17, 15) is 13.6 Å². The number of hydrogen-bond donors (Lipinski definition) is 1. The second kappa shape index (κ2) is 5.50. The Kier molecular flexibility index (Phi) is 4.29. The molecule has 9 nitrogen and oxygen atoms in total. The van der Waals surface area contributed by atoms with Crippen LogP contribution in [0.25, 0.3) is 0 Å². The zero-order chi connectivity index (χ0) is 13.0. The highest BCUT2D eigenvalue weighted by Crippen LogP contribution is 2.10. The minimum absolute atomic E-state index is 0.0164. The first kappa shape index (κ1) is 13.3. The van der Waals surface area contributed by atoms with Crippen molar-refractivity contribution in [1.82, 2.24) is 19.7 Å². The lowest BCUT2D eigenvalue weighted by atomic mass is 10.6. The fraction of sp³-hybridized carbons (Fsp3) is 0.429. The van der Waals surface area contributed by atoms with Crippen LogP contribution in [-0.2, 0) is 11.3 Å². The van der Waals surface area contributed by atoms with Gasteiger partial charge < -0.3 is 9.29 Å². The van der Waals surface area contributed by atoms with Crippen molar-refractivity contribution in [1.29, 1.82) is 0 Å². The summed E-state index contributed by atoms with van der Waals surface area (Å²) in [7, 11) is 2.68. The lowest BCUT2D eigenvalue weighted by Gasteiger charge is -2.17. The maximum atomic E-state index is 11.3. The van der Waals surface area contributed by atoms with Gasteiger partial charge in [-0.3, -0.25) is 13.8 Å². The number of nitrogens with one attached hydrogen (secondary N) is 1. The average molecular weight is 260 g/mol. The molecule has 1 rings (SSSR count). The lowest BCUT2D eigenvalue weighted by molar-refractivity contribution is 0.251. The molecule has 1 heterocycles. The molecule has 0 saturated heterocycles. The molecule has 10 heteroatoms. The molecule has 1 N–H and O–H groups in total. The molecule has 1 aromatic rings. The van der Waals surface area contributed by atoms with Crippen molar-refractivity contribution < 1.29 is 18.3 Å². The monoisotopic (exact) mass is 260 g/mol. The van der Waals surface area contributed by atoms with Gasteiger partial charge in [0, 0.05) is 18.3 Å². The molecule has 0 aromatic carbocycles. The maximum absolute atomic E-state index is 11.3. The van der Waals surface area contributed by atoms with E-state index in [0.29, 0.717) is 5.82 Å². The van der Waals surface area contributed by atoms with E-state index >= 15 is 0 Å². The second-order valence-electron chi connectivity index (χ2n) is 2.87. The summed E-state index contributed by atoms with van der Waals surface area (Å²) >= 11 is -2.70. The Labute approximate surface area is 99.6 Å². The van der Waals surface area contributed by atoms with Crippen LogP contribution in [0.2, 0.25) is 0 Å². The second-order valence-corrected chi connectivity index (χ2v) is 3.54. The van der Waals surface area contributed by atoms with Crippen molar-refractivity contribution in [2.45, 2.75) is 6.92 Å². The quantitative estimate of drug-likeness (QED) is 0.701. The summed E-state index contributed by atoms with van der Waals surface area (Å²) in [6.07, 6.45) is 0. The summed E-state index contributed by atoms with van der Waals surface area (Å²) in [4.78, 5) is 23.8. The molecular formula is C7H10N5O4S-. The van der Waals surface area contributed by atoms with Crippen molar-refractivity contribution in [3.8, 4) is 6.01 Å². The summed E-state index contributed by atoms with van der Waals surface area (Å²) in [5.74, 6) is 0.326. The highest BCUT2D eigenvalue weighted by Gasteiger charge is 2.15. The van der Waals surface area contributed by atoms with Gasteiger partial charge in [-0.05, 0) is 6.92 Å². The molecule has 1 unspecified atom stereocenters. The number of carbonyl (C=O) groups excluding carboxylic acids is 1. The molecule has 2 amide bonds. The smallest absolute Gasteiger partial charge is 0.334 e. The maximum Gasteiger partial charge on any atom is 0.334 e. The number of hydrogen-bond acceptors (Lipinski definition) is 7. The molecular weight excluding hydrogens is 250 g/mol. The molecule has 0 fully saturated rings. The fourth-order valence-corrected chi connectivity index (χ4v) is 1.20. The average Bonchev–Trinajstić information content (AvgIpc) is 2.26. The van der Waals surface area contributed by atoms with Gasteiger partial charge in [-0.1, -0.05) is 0 Å². The molecule has 0 bridgehead atoms. The Balaban J connectivity index is 2.95. The predicted molar refractivity (Wildman–Crippen MR) is 57.0 cm³/mol. The van der Waals surface area contributed by atoms with Gasteiger partial charge in [0.15, 0.2) is 0 Å². The Hall–Kier alpha value is -1.81. The third kappa shape index (κ3) is 3.60. The van der Waals surface area contributed by atoms with Crippen molar-refractivity contribution >= 4 is 23.2 Å². The number of urea groups is 1. The normalized spacial score (nSPS) is 11.8. The van der Waals surface area contributed by atoms with Crippen LogP contribution >= 0.6 is 0 Å². The number of carbonyl (C=O) groups is 1. The lowest BCUT2D eigenvalue weighted by Crippen LogP contribution is -2.39. The van der Waals surface area contributed by atoms with Crippen LogP contribution in [0.15, 0.2) is 0 Å². The van der Waals surface area contributed by atoms with E-state index in [-0.39, 0.29) is 12.0 Å². The van der Waals surface area contributed by atoms with Gasteiger partial charge in [-0.25, -0.2) is 4.79 Å². The highest BCUT2D eigenvalue weighted by atomic mass is 32.2. The first-order valence-corrected chi connectivity index (χ1v) is 5.41. The summed E-state index contributed by atoms with van der Waals surface area (Å²) < 4.78 is 27.1. The van der Waals surface area contributed by atoms with Gasteiger partial charge >= 0.3 is 12.0 Å². The van der Waals surface area contributed by atoms with Gasteiger partial charge in [-0.15, -0.1) is 0 Å². The van der Waals surface area contributed by atoms with Gasteiger partial charge in [0.1, 0.15) is 5.82 Å². The van der Waals surface area contributed by atoms with Gasteiger partial charge in [-0.2, -0.15) is 15.0 Å². The minimum Gasteiger partial charge on any atom is -0.755 e. The van der Waals surface area contributed by atoms with Crippen LogP contribution < -0.4 is 14.4 Å². The molecule has 0 saturated carbocycles. The summed E-state index contributed by atoms with van der Waals surface area (Å²) in [5, 5.41) is 0. The fourth-order valence-electron chi connectivity index (χ4n) is 0.916. The summed E-state index contributed by atoms with van der Waals surface area (Å²) in [6, 6.07) is -0.846. The van der Waals surface area contributed by atoms with Crippen LogP contribution in [0.3, 0.4) is 0 Å². The van der Waals surface area contributed by atoms with Crippen LogP contribution in [0.4, 0.5) is 10.7 Å². The molecule has 0 spiro atoms. The number of amides is 2. The van der Waals surface area contributed by atoms with Gasteiger partial charge in [0.05, 0.1) is 7.11 Å². The molecule has 0 aliphatic carbocycles. The molecule has 0 aliphatic heterocycles. The van der Waals surface area contributed by atoms with Crippen LogP contribution in [-0.4, -0.2) is 43.9 Å². The minimum atomic E-state index is -2.70. The van der Waals surface area contributed by atoms with Crippen LogP contribution in [0, 0.1) is 6.92 Å². The zero-order valence-corrected chi connectivity index (χ0v) is 10.1. The zero-order valence-electron chi connectivity index (χ0n) is 9.33. The summed E-state index contributed by atoms with van der Waals surface area (Å²) in [6.45, 7) is 1.59. The SMILES string of the molecule is COc1nc(C)nc(N(C)C(=O)NS(=O)[O-])n1. The molecule has 0 aliphatic rings. The Bertz CT molecular complexity index is 454. The number of ether oxygens (including phenoxy) is 1. The van der Waals surface area contributed by atoms with E-state index in [1.807, 2.05) is 0 Å². The van der Waals surface area contributed by atoms with E-state index in [1.165, 1.54) is 14.2 Å². The van der Waals surface area contributed by atoms with Crippen LogP contribution in [0.1, 0.15) is 5.82 Å². The number of aromatic nitrogens is 3. The third-order valence-corrected chi connectivity index (χ3v) is 2.01.